The summed E-state index contributed by atoms with van der Waals surface area (Å²) in [6.45, 7) is 6.99. The smallest absolute Gasteiger partial charge is 0.152 e. The maximum absolute atomic E-state index is 6.00. The SMILES string of the molecule is CC(C)Cc1ccc(/C(N)=N/N)c(N2CC(NCc3cccnn3)C2)c1. The van der Waals surface area contributed by atoms with Crippen molar-refractivity contribution in [2.45, 2.75) is 32.9 Å². The second kappa shape index (κ2) is 8.14. The number of aromatic nitrogens is 2. The zero-order valence-electron chi connectivity index (χ0n) is 15.4. The van der Waals surface area contributed by atoms with E-state index in [2.05, 4.69) is 51.5 Å². The van der Waals surface area contributed by atoms with Crippen LogP contribution in [0.4, 0.5) is 5.69 Å². The Morgan fingerprint density at radius 2 is 2.15 bits per heavy atom. The Kier molecular flexibility index (Phi) is 5.68. The molecule has 1 aliphatic rings. The summed E-state index contributed by atoms with van der Waals surface area (Å²) in [5, 5.41) is 15.2. The lowest BCUT2D eigenvalue weighted by molar-refractivity contribution is 0.415. The van der Waals surface area contributed by atoms with E-state index >= 15 is 0 Å². The van der Waals surface area contributed by atoms with Crippen molar-refractivity contribution < 1.29 is 0 Å². The van der Waals surface area contributed by atoms with Crippen LogP contribution in [-0.4, -0.2) is 35.2 Å². The lowest BCUT2D eigenvalue weighted by atomic mass is 9.97. The monoisotopic (exact) mass is 353 g/mol. The summed E-state index contributed by atoms with van der Waals surface area (Å²) in [6.07, 6.45) is 2.72. The summed E-state index contributed by atoms with van der Waals surface area (Å²) in [5.74, 6) is 6.38. The van der Waals surface area contributed by atoms with Crippen molar-refractivity contribution in [3.8, 4) is 0 Å². The van der Waals surface area contributed by atoms with E-state index in [0.717, 1.165) is 43.0 Å². The quantitative estimate of drug-likeness (QED) is 0.299. The van der Waals surface area contributed by atoms with E-state index in [9.17, 15) is 0 Å². The fourth-order valence-corrected chi connectivity index (χ4v) is 3.20. The normalized spacial score (nSPS) is 15.3. The van der Waals surface area contributed by atoms with Gasteiger partial charge >= 0.3 is 0 Å². The van der Waals surface area contributed by atoms with Crippen molar-refractivity contribution in [3.63, 3.8) is 0 Å². The molecule has 3 rings (SSSR count). The molecule has 0 spiro atoms. The van der Waals surface area contributed by atoms with Crippen molar-refractivity contribution in [1.82, 2.24) is 15.5 Å². The summed E-state index contributed by atoms with van der Waals surface area (Å²) >= 11 is 0. The van der Waals surface area contributed by atoms with E-state index in [-0.39, 0.29) is 0 Å². The van der Waals surface area contributed by atoms with Crippen molar-refractivity contribution in [2.75, 3.05) is 18.0 Å². The third-order valence-corrected chi connectivity index (χ3v) is 4.54. The van der Waals surface area contributed by atoms with Gasteiger partial charge in [-0.3, -0.25) is 0 Å². The Labute approximate surface area is 154 Å². The summed E-state index contributed by atoms with van der Waals surface area (Å²) in [5.41, 5.74) is 10.3. The number of hydrogen-bond donors (Lipinski definition) is 3. The molecule has 0 bridgehead atoms. The molecule has 0 unspecified atom stereocenters. The van der Waals surface area contributed by atoms with Crippen LogP contribution in [0.2, 0.25) is 0 Å². The van der Waals surface area contributed by atoms with E-state index in [0.29, 0.717) is 17.8 Å². The first kappa shape index (κ1) is 18.1. The number of anilines is 1. The van der Waals surface area contributed by atoms with Gasteiger partial charge in [0.1, 0.15) is 0 Å². The van der Waals surface area contributed by atoms with Crippen molar-refractivity contribution in [2.24, 2.45) is 22.6 Å². The molecule has 0 saturated carbocycles. The standard InChI is InChI=1S/C19H27N7/c1-13(2)8-14-5-6-17(19(20)24-21)18(9-14)26-11-16(12-26)22-10-15-4-3-7-23-25-15/h3-7,9,13,16,22H,8,10-12,21H2,1-2H3,(H2,20,24). The second-order valence-electron chi connectivity index (χ2n) is 7.16. The Bertz CT molecular complexity index is 752. The molecule has 0 radical (unpaired) electrons. The highest BCUT2D eigenvalue weighted by Crippen LogP contribution is 2.28. The molecule has 2 heterocycles. The van der Waals surface area contributed by atoms with Gasteiger partial charge in [0.15, 0.2) is 5.84 Å². The van der Waals surface area contributed by atoms with Crippen LogP contribution in [-0.2, 0) is 13.0 Å². The van der Waals surface area contributed by atoms with Crippen LogP contribution in [0.1, 0.15) is 30.7 Å². The van der Waals surface area contributed by atoms with Gasteiger partial charge in [-0.1, -0.05) is 19.9 Å². The predicted octanol–water partition coefficient (Wildman–Crippen LogP) is 1.23. The maximum Gasteiger partial charge on any atom is 0.152 e. The molecular weight excluding hydrogens is 326 g/mol. The highest BCUT2D eigenvalue weighted by atomic mass is 15.3. The summed E-state index contributed by atoms with van der Waals surface area (Å²) < 4.78 is 0. The van der Waals surface area contributed by atoms with E-state index in [1.54, 1.807) is 6.20 Å². The van der Waals surface area contributed by atoms with Gasteiger partial charge in [0, 0.05) is 43.1 Å². The number of hydrazone groups is 1. The molecule has 138 valence electrons. The molecular formula is C19H27N7. The van der Waals surface area contributed by atoms with Crippen molar-refractivity contribution in [1.29, 1.82) is 0 Å². The van der Waals surface area contributed by atoms with E-state index in [1.165, 1.54) is 5.56 Å². The van der Waals surface area contributed by atoms with Crippen LogP contribution < -0.4 is 21.8 Å². The number of hydrogen-bond acceptors (Lipinski definition) is 6. The molecule has 1 fully saturated rings. The minimum Gasteiger partial charge on any atom is -0.382 e. The largest absolute Gasteiger partial charge is 0.382 e. The third kappa shape index (κ3) is 4.29. The molecule has 26 heavy (non-hydrogen) atoms. The zero-order chi connectivity index (χ0) is 18.5. The van der Waals surface area contributed by atoms with Crippen LogP contribution in [0.15, 0.2) is 41.6 Å². The third-order valence-electron chi connectivity index (χ3n) is 4.54. The van der Waals surface area contributed by atoms with Crippen LogP contribution in [0.5, 0.6) is 0 Å². The van der Waals surface area contributed by atoms with E-state index in [4.69, 9.17) is 11.6 Å². The van der Waals surface area contributed by atoms with Gasteiger partial charge in [0.25, 0.3) is 0 Å². The van der Waals surface area contributed by atoms with Gasteiger partial charge < -0.3 is 21.8 Å². The topological polar surface area (TPSA) is 105 Å². The lowest BCUT2D eigenvalue weighted by Gasteiger charge is -2.42. The molecule has 0 amide bonds. The highest BCUT2D eigenvalue weighted by Gasteiger charge is 2.28. The molecule has 1 aromatic heterocycles. The van der Waals surface area contributed by atoms with Crippen molar-refractivity contribution >= 4 is 11.5 Å². The molecule has 7 nitrogen and oxygen atoms in total. The minimum absolute atomic E-state index is 0.368. The Hall–Kier alpha value is -2.67. The average molecular weight is 353 g/mol. The van der Waals surface area contributed by atoms with Crippen LogP contribution in [0.3, 0.4) is 0 Å². The first-order valence-corrected chi connectivity index (χ1v) is 8.98. The van der Waals surface area contributed by atoms with Gasteiger partial charge in [-0.15, -0.1) is 0 Å². The molecule has 1 aliphatic heterocycles. The van der Waals surface area contributed by atoms with Crippen molar-refractivity contribution in [3.05, 3.63) is 53.3 Å². The molecule has 0 atom stereocenters. The Morgan fingerprint density at radius 3 is 2.81 bits per heavy atom. The Balaban J connectivity index is 1.66. The molecule has 5 N–H and O–H groups in total. The zero-order valence-corrected chi connectivity index (χ0v) is 15.4. The second-order valence-corrected chi connectivity index (χ2v) is 7.16. The number of nitrogens with zero attached hydrogens (tertiary/aromatic N) is 4. The first-order chi connectivity index (χ1) is 12.6. The summed E-state index contributed by atoms with van der Waals surface area (Å²) in [7, 11) is 0. The van der Waals surface area contributed by atoms with E-state index < -0.39 is 0 Å². The molecule has 0 aliphatic carbocycles. The van der Waals surface area contributed by atoms with Gasteiger partial charge in [-0.25, -0.2) is 0 Å². The molecule has 1 aromatic carbocycles. The van der Waals surface area contributed by atoms with Crippen LogP contribution >= 0.6 is 0 Å². The van der Waals surface area contributed by atoms with Crippen LogP contribution in [0, 0.1) is 5.92 Å². The molecule has 1 saturated heterocycles. The summed E-state index contributed by atoms with van der Waals surface area (Å²) in [4.78, 5) is 2.31. The molecule has 7 heteroatoms. The van der Waals surface area contributed by atoms with Gasteiger partial charge in [-0.2, -0.15) is 15.3 Å². The number of nitrogens with one attached hydrogen (secondary N) is 1. The maximum atomic E-state index is 6.00. The number of rotatable bonds is 7. The molecule has 2 aromatic rings. The van der Waals surface area contributed by atoms with Crippen LogP contribution in [0.25, 0.3) is 0 Å². The fourth-order valence-electron chi connectivity index (χ4n) is 3.20. The average Bonchev–Trinajstić information content (AvgIpc) is 2.60. The number of amidine groups is 1. The summed E-state index contributed by atoms with van der Waals surface area (Å²) in [6, 6.07) is 10.6. The van der Waals surface area contributed by atoms with Gasteiger partial charge in [0.05, 0.1) is 5.69 Å². The number of nitrogens with two attached hydrogens (primary N) is 2. The van der Waals surface area contributed by atoms with Gasteiger partial charge in [-0.05, 0) is 42.2 Å². The van der Waals surface area contributed by atoms with Gasteiger partial charge in [0.2, 0.25) is 0 Å². The number of benzene rings is 1. The lowest BCUT2D eigenvalue weighted by Crippen LogP contribution is -2.58. The fraction of sp³-hybridized carbons (Fsp3) is 0.421. The minimum atomic E-state index is 0.368. The first-order valence-electron chi connectivity index (χ1n) is 8.98. The van der Waals surface area contributed by atoms with E-state index in [1.807, 2.05) is 18.2 Å². The predicted molar refractivity (Wildman–Crippen MR) is 105 cm³/mol. The Morgan fingerprint density at radius 1 is 1.35 bits per heavy atom. The highest BCUT2D eigenvalue weighted by molar-refractivity contribution is 6.02.